The monoisotopic (exact) mass is 166 g/mol. The van der Waals surface area contributed by atoms with Gasteiger partial charge in [-0.2, -0.15) is 0 Å². The van der Waals surface area contributed by atoms with Crippen molar-refractivity contribution in [1.29, 1.82) is 0 Å². The third-order valence-electron chi connectivity index (χ3n) is 1.45. The van der Waals surface area contributed by atoms with E-state index in [0.29, 0.717) is 13.0 Å². The molecular weight excluding hydrogens is 156 g/mol. The largest absolute Gasteiger partial charge is 0.463 e. The van der Waals surface area contributed by atoms with Gasteiger partial charge in [-0.25, -0.2) is 4.79 Å². The summed E-state index contributed by atoms with van der Waals surface area (Å²) in [7, 11) is 0. The Morgan fingerprint density at radius 3 is 2.92 bits per heavy atom. The molecule has 0 spiro atoms. The molecule has 0 N–H and O–H groups in total. The van der Waals surface area contributed by atoms with Gasteiger partial charge in [0.15, 0.2) is 5.78 Å². The average Bonchev–Trinajstić information content (AvgIpc) is 2.36. The van der Waals surface area contributed by atoms with Gasteiger partial charge in [0, 0.05) is 12.5 Å². The summed E-state index contributed by atoms with van der Waals surface area (Å²) in [5.74, 6) is -0.350. The SMILES string of the molecule is CCOC(=O)/C=C1/C=CC(=O)C1. The summed E-state index contributed by atoms with van der Waals surface area (Å²) in [6.07, 6.45) is 4.77. The van der Waals surface area contributed by atoms with Crippen molar-refractivity contribution in [2.45, 2.75) is 13.3 Å². The molecule has 0 aromatic rings. The molecule has 0 atom stereocenters. The lowest BCUT2D eigenvalue weighted by Gasteiger charge is -1.95. The fourth-order valence-corrected chi connectivity index (χ4v) is 0.953. The summed E-state index contributed by atoms with van der Waals surface area (Å²) in [6.45, 7) is 2.10. The molecule has 1 aliphatic carbocycles. The molecule has 3 nitrogen and oxygen atoms in total. The van der Waals surface area contributed by atoms with Crippen molar-refractivity contribution in [2.75, 3.05) is 6.61 Å². The van der Waals surface area contributed by atoms with Crippen LogP contribution in [0.5, 0.6) is 0 Å². The van der Waals surface area contributed by atoms with Crippen molar-refractivity contribution in [3.63, 3.8) is 0 Å². The minimum Gasteiger partial charge on any atom is -0.463 e. The Labute approximate surface area is 70.7 Å². The first kappa shape index (κ1) is 8.71. The van der Waals surface area contributed by atoms with E-state index < -0.39 is 0 Å². The van der Waals surface area contributed by atoms with Crippen LogP contribution in [-0.4, -0.2) is 18.4 Å². The van der Waals surface area contributed by atoms with Gasteiger partial charge >= 0.3 is 5.97 Å². The van der Waals surface area contributed by atoms with E-state index in [4.69, 9.17) is 0 Å². The van der Waals surface area contributed by atoms with Crippen LogP contribution in [0, 0.1) is 0 Å². The van der Waals surface area contributed by atoms with Crippen LogP contribution in [0.4, 0.5) is 0 Å². The van der Waals surface area contributed by atoms with Crippen molar-refractivity contribution in [1.82, 2.24) is 0 Å². The molecule has 1 rings (SSSR count). The van der Waals surface area contributed by atoms with Crippen LogP contribution in [0.25, 0.3) is 0 Å². The zero-order valence-electron chi connectivity index (χ0n) is 6.87. The van der Waals surface area contributed by atoms with Crippen molar-refractivity contribution in [3.8, 4) is 0 Å². The van der Waals surface area contributed by atoms with Gasteiger partial charge in [0.1, 0.15) is 0 Å². The van der Waals surface area contributed by atoms with E-state index in [0.717, 1.165) is 5.57 Å². The summed E-state index contributed by atoms with van der Waals surface area (Å²) >= 11 is 0. The number of hydrogen-bond donors (Lipinski definition) is 0. The van der Waals surface area contributed by atoms with Gasteiger partial charge in [-0.05, 0) is 18.6 Å². The molecule has 0 bridgehead atoms. The number of hydrogen-bond acceptors (Lipinski definition) is 3. The quantitative estimate of drug-likeness (QED) is 0.454. The minimum absolute atomic E-state index is 0.0329. The fraction of sp³-hybridized carbons (Fsp3) is 0.333. The second kappa shape index (κ2) is 3.85. The number of ether oxygens (including phenoxy) is 1. The Balaban J connectivity index is 2.53. The van der Waals surface area contributed by atoms with Crippen molar-refractivity contribution in [2.24, 2.45) is 0 Å². The first-order chi connectivity index (χ1) is 5.72. The number of rotatable bonds is 2. The van der Waals surface area contributed by atoms with Crippen LogP contribution in [0.3, 0.4) is 0 Å². The maximum atomic E-state index is 10.9. The molecule has 3 heteroatoms. The van der Waals surface area contributed by atoms with E-state index in [2.05, 4.69) is 4.74 Å². The zero-order valence-corrected chi connectivity index (χ0v) is 6.87. The Morgan fingerprint density at radius 1 is 1.67 bits per heavy atom. The number of ketones is 1. The van der Waals surface area contributed by atoms with Gasteiger partial charge in [0.05, 0.1) is 6.61 Å². The van der Waals surface area contributed by atoms with Gasteiger partial charge in [-0.1, -0.05) is 6.08 Å². The molecule has 0 saturated carbocycles. The maximum absolute atomic E-state index is 10.9. The van der Waals surface area contributed by atoms with Crippen molar-refractivity contribution >= 4 is 11.8 Å². The minimum atomic E-state index is -0.383. The van der Waals surface area contributed by atoms with E-state index in [1.54, 1.807) is 13.0 Å². The topological polar surface area (TPSA) is 43.4 Å². The second-order valence-corrected chi connectivity index (χ2v) is 2.45. The van der Waals surface area contributed by atoms with E-state index in [9.17, 15) is 9.59 Å². The zero-order chi connectivity index (χ0) is 8.97. The molecule has 0 aromatic heterocycles. The van der Waals surface area contributed by atoms with Gasteiger partial charge < -0.3 is 4.74 Å². The number of esters is 1. The van der Waals surface area contributed by atoms with Crippen LogP contribution in [0.2, 0.25) is 0 Å². The molecule has 0 fully saturated rings. The Morgan fingerprint density at radius 2 is 2.42 bits per heavy atom. The van der Waals surface area contributed by atoms with Crippen LogP contribution < -0.4 is 0 Å². The molecule has 12 heavy (non-hydrogen) atoms. The number of carbonyl (C=O) groups is 2. The molecule has 1 aliphatic rings. The van der Waals surface area contributed by atoms with Gasteiger partial charge in [-0.3, -0.25) is 4.79 Å². The maximum Gasteiger partial charge on any atom is 0.331 e. The van der Waals surface area contributed by atoms with Crippen LogP contribution in [0.1, 0.15) is 13.3 Å². The standard InChI is InChI=1S/C9H10O3/c1-2-12-9(11)6-7-3-4-8(10)5-7/h3-4,6H,2,5H2,1H3/b7-6-. The van der Waals surface area contributed by atoms with Gasteiger partial charge in [0.25, 0.3) is 0 Å². The molecule has 0 radical (unpaired) electrons. The molecular formula is C9H10O3. The summed E-state index contributed by atoms with van der Waals surface area (Å²) < 4.78 is 4.68. The molecule has 0 aromatic carbocycles. The van der Waals surface area contributed by atoms with Crippen LogP contribution in [0.15, 0.2) is 23.8 Å². The third kappa shape index (κ3) is 2.34. The molecule has 0 heterocycles. The second-order valence-electron chi connectivity index (χ2n) is 2.45. The summed E-state index contributed by atoms with van der Waals surface area (Å²) in [5.41, 5.74) is 0.721. The lowest BCUT2D eigenvalue weighted by Crippen LogP contribution is -2.00. The highest BCUT2D eigenvalue weighted by atomic mass is 16.5. The molecule has 64 valence electrons. The van der Waals surface area contributed by atoms with E-state index in [1.807, 2.05) is 0 Å². The first-order valence-electron chi connectivity index (χ1n) is 3.80. The molecule has 0 unspecified atom stereocenters. The fourth-order valence-electron chi connectivity index (χ4n) is 0.953. The Bertz CT molecular complexity index is 261. The highest BCUT2D eigenvalue weighted by Crippen LogP contribution is 2.12. The highest BCUT2D eigenvalue weighted by Gasteiger charge is 2.09. The van der Waals surface area contributed by atoms with Crippen LogP contribution in [-0.2, 0) is 14.3 Å². The molecule has 0 saturated heterocycles. The Kier molecular flexibility index (Phi) is 2.80. The van der Waals surface area contributed by atoms with Crippen LogP contribution >= 0.6 is 0 Å². The lowest BCUT2D eigenvalue weighted by molar-refractivity contribution is -0.137. The average molecular weight is 166 g/mol. The van der Waals surface area contributed by atoms with Crippen molar-refractivity contribution in [3.05, 3.63) is 23.8 Å². The summed E-state index contributed by atoms with van der Waals surface area (Å²) in [4.78, 5) is 21.6. The Hall–Kier alpha value is -1.38. The van der Waals surface area contributed by atoms with Gasteiger partial charge in [0.2, 0.25) is 0 Å². The summed E-state index contributed by atoms with van der Waals surface area (Å²) in [5, 5.41) is 0. The molecule has 0 aliphatic heterocycles. The smallest absolute Gasteiger partial charge is 0.331 e. The normalized spacial score (nSPS) is 18.8. The number of allylic oxidation sites excluding steroid dienone is 3. The number of carbonyl (C=O) groups excluding carboxylic acids is 2. The predicted octanol–water partition coefficient (Wildman–Crippen LogP) is 1.00. The van der Waals surface area contributed by atoms with Crippen molar-refractivity contribution < 1.29 is 14.3 Å². The first-order valence-corrected chi connectivity index (χ1v) is 3.80. The predicted molar refractivity (Wildman–Crippen MR) is 43.5 cm³/mol. The van der Waals surface area contributed by atoms with E-state index in [1.165, 1.54) is 12.2 Å². The summed E-state index contributed by atoms with van der Waals surface area (Å²) in [6, 6.07) is 0. The van der Waals surface area contributed by atoms with E-state index >= 15 is 0 Å². The van der Waals surface area contributed by atoms with E-state index in [-0.39, 0.29) is 11.8 Å². The lowest BCUT2D eigenvalue weighted by atomic mass is 10.2. The molecule has 0 amide bonds. The highest BCUT2D eigenvalue weighted by molar-refractivity contribution is 5.97. The third-order valence-corrected chi connectivity index (χ3v) is 1.45. The van der Waals surface area contributed by atoms with Gasteiger partial charge in [-0.15, -0.1) is 0 Å².